The summed E-state index contributed by atoms with van der Waals surface area (Å²) in [6, 6.07) is 11.2. The number of hydrogen-bond acceptors (Lipinski definition) is 4. The first-order chi connectivity index (χ1) is 9.67. The molecule has 4 nitrogen and oxygen atoms in total. The van der Waals surface area contributed by atoms with Crippen molar-refractivity contribution in [2.75, 3.05) is 17.3 Å². The molecular weight excluding hydrogens is 248 g/mol. The quantitative estimate of drug-likeness (QED) is 0.909. The molecule has 1 aliphatic heterocycles. The van der Waals surface area contributed by atoms with Crippen LogP contribution in [0.4, 0.5) is 11.8 Å². The fourth-order valence-corrected chi connectivity index (χ4v) is 2.80. The zero-order valence-corrected chi connectivity index (χ0v) is 12.2. The molecule has 2 heterocycles. The molecule has 0 saturated carbocycles. The molecule has 1 aromatic heterocycles. The molecule has 0 aliphatic carbocycles. The second kappa shape index (κ2) is 5.12. The van der Waals surface area contributed by atoms with E-state index in [1.807, 2.05) is 14.0 Å². The smallest absolute Gasteiger partial charge is 0.224 e. The first kappa shape index (κ1) is 12.9. The highest BCUT2D eigenvalue weighted by atomic mass is 15.2. The third kappa shape index (κ3) is 2.33. The van der Waals surface area contributed by atoms with E-state index in [-0.39, 0.29) is 0 Å². The normalized spacial score (nSPS) is 17.8. The van der Waals surface area contributed by atoms with Gasteiger partial charge in [0.2, 0.25) is 5.95 Å². The van der Waals surface area contributed by atoms with E-state index >= 15 is 0 Å². The van der Waals surface area contributed by atoms with Gasteiger partial charge >= 0.3 is 0 Å². The molecule has 1 aromatic carbocycles. The molecule has 0 radical (unpaired) electrons. The third-order valence-corrected chi connectivity index (χ3v) is 3.87. The number of rotatable bonds is 2. The van der Waals surface area contributed by atoms with Gasteiger partial charge in [0, 0.05) is 31.4 Å². The maximum absolute atomic E-state index is 4.60. The lowest BCUT2D eigenvalue weighted by molar-refractivity contribution is 0.586. The van der Waals surface area contributed by atoms with E-state index in [4.69, 9.17) is 0 Å². The Morgan fingerprint density at radius 2 is 1.95 bits per heavy atom. The lowest BCUT2D eigenvalue weighted by atomic mass is 9.95. The van der Waals surface area contributed by atoms with Gasteiger partial charge in [0.05, 0.1) is 0 Å². The Kier molecular flexibility index (Phi) is 3.30. The second-order valence-corrected chi connectivity index (χ2v) is 5.39. The van der Waals surface area contributed by atoms with Gasteiger partial charge < -0.3 is 10.2 Å². The van der Waals surface area contributed by atoms with Gasteiger partial charge in [-0.25, -0.2) is 4.98 Å². The first-order valence-corrected chi connectivity index (χ1v) is 7.04. The monoisotopic (exact) mass is 268 g/mol. The van der Waals surface area contributed by atoms with Gasteiger partial charge in [0.15, 0.2) is 0 Å². The molecule has 3 rings (SSSR count). The SMILES string of the molecule is CNc1nc(C)cc(N2Cc3ccccc3C[C@@H]2C)n1. The van der Waals surface area contributed by atoms with Gasteiger partial charge in [-0.3, -0.25) is 0 Å². The van der Waals surface area contributed by atoms with Crippen molar-refractivity contribution < 1.29 is 0 Å². The van der Waals surface area contributed by atoms with Gasteiger partial charge in [0.25, 0.3) is 0 Å². The van der Waals surface area contributed by atoms with Crippen molar-refractivity contribution in [3.8, 4) is 0 Å². The van der Waals surface area contributed by atoms with Gasteiger partial charge in [0.1, 0.15) is 5.82 Å². The maximum Gasteiger partial charge on any atom is 0.224 e. The minimum absolute atomic E-state index is 0.448. The molecule has 1 N–H and O–H groups in total. The molecule has 0 saturated heterocycles. The van der Waals surface area contributed by atoms with Crippen LogP contribution in [0.15, 0.2) is 30.3 Å². The van der Waals surface area contributed by atoms with E-state index in [0.29, 0.717) is 12.0 Å². The summed E-state index contributed by atoms with van der Waals surface area (Å²) in [5, 5.41) is 3.03. The molecule has 1 atom stereocenters. The summed E-state index contributed by atoms with van der Waals surface area (Å²) in [5.74, 6) is 1.69. The van der Waals surface area contributed by atoms with E-state index in [2.05, 4.69) is 57.4 Å². The van der Waals surface area contributed by atoms with E-state index in [1.54, 1.807) is 0 Å². The Bertz CT molecular complexity index is 624. The van der Waals surface area contributed by atoms with Crippen LogP contribution in [0.25, 0.3) is 0 Å². The number of benzene rings is 1. The molecule has 2 aromatic rings. The van der Waals surface area contributed by atoms with Crippen LogP contribution < -0.4 is 10.2 Å². The minimum Gasteiger partial charge on any atom is -0.357 e. The van der Waals surface area contributed by atoms with Crippen LogP contribution >= 0.6 is 0 Å². The topological polar surface area (TPSA) is 41.1 Å². The summed E-state index contributed by atoms with van der Waals surface area (Å²) in [4.78, 5) is 11.3. The highest BCUT2D eigenvalue weighted by molar-refractivity contribution is 5.49. The van der Waals surface area contributed by atoms with Crippen molar-refractivity contribution in [3.63, 3.8) is 0 Å². The number of hydrogen-bond donors (Lipinski definition) is 1. The lowest BCUT2D eigenvalue weighted by Gasteiger charge is -2.36. The van der Waals surface area contributed by atoms with Crippen molar-refractivity contribution >= 4 is 11.8 Å². The minimum atomic E-state index is 0.448. The molecule has 0 spiro atoms. The Labute approximate surface area is 119 Å². The summed E-state index contributed by atoms with van der Waals surface area (Å²) in [7, 11) is 1.85. The Hall–Kier alpha value is -2.10. The first-order valence-electron chi connectivity index (χ1n) is 7.04. The van der Waals surface area contributed by atoms with Crippen molar-refractivity contribution in [2.45, 2.75) is 32.9 Å². The van der Waals surface area contributed by atoms with Crippen molar-refractivity contribution in [1.29, 1.82) is 0 Å². The predicted molar refractivity (Wildman–Crippen MR) is 82.1 cm³/mol. The molecule has 104 valence electrons. The number of nitrogens with zero attached hydrogens (tertiary/aromatic N) is 3. The molecule has 1 aliphatic rings. The van der Waals surface area contributed by atoms with Crippen molar-refractivity contribution in [3.05, 3.63) is 47.2 Å². The Morgan fingerprint density at radius 1 is 1.20 bits per heavy atom. The molecule has 20 heavy (non-hydrogen) atoms. The van der Waals surface area contributed by atoms with Crippen LogP contribution in [0.1, 0.15) is 23.7 Å². The zero-order valence-electron chi connectivity index (χ0n) is 12.2. The Balaban J connectivity index is 1.97. The fourth-order valence-electron chi connectivity index (χ4n) is 2.80. The highest BCUT2D eigenvalue weighted by Gasteiger charge is 2.24. The zero-order chi connectivity index (χ0) is 14.1. The van der Waals surface area contributed by atoms with Gasteiger partial charge in [-0.1, -0.05) is 24.3 Å². The van der Waals surface area contributed by atoms with Crippen LogP contribution in [-0.2, 0) is 13.0 Å². The van der Waals surface area contributed by atoms with Gasteiger partial charge in [-0.2, -0.15) is 4.98 Å². The molecule has 4 heteroatoms. The largest absolute Gasteiger partial charge is 0.357 e. The summed E-state index contributed by atoms with van der Waals surface area (Å²) in [6.07, 6.45) is 1.06. The van der Waals surface area contributed by atoms with E-state index in [9.17, 15) is 0 Å². The number of anilines is 2. The number of nitrogens with one attached hydrogen (secondary N) is 1. The summed E-state index contributed by atoms with van der Waals surface area (Å²) in [5.41, 5.74) is 3.84. The molecule has 0 unspecified atom stereocenters. The van der Waals surface area contributed by atoms with Crippen molar-refractivity contribution in [2.24, 2.45) is 0 Å². The maximum atomic E-state index is 4.60. The van der Waals surface area contributed by atoms with Crippen molar-refractivity contribution in [1.82, 2.24) is 9.97 Å². The summed E-state index contributed by atoms with van der Waals surface area (Å²) in [6.45, 7) is 5.18. The van der Waals surface area contributed by atoms with Crippen LogP contribution in [0.2, 0.25) is 0 Å². The van der Waals surface area contributed by atoms with E-state index in [1.165, 1.54) is 11.1 Å². The third-order valence-electron chi connectivity index (χ3n) is 3.87. The molecule has 0 amide bonds. The van der Waals surface area contributed by atoms with E-state index in [0.717, 1.165) is 24.5 Å². The summed E-state index contributed by atoms with van der Waals surface area (Å²) < 4.78 is 0. The summed E-state index contributed by atoms with van der Waals surface area (Å²) >= 11 is 0. The van der Waals surface area contributed by atoms with Crippen LogP contribution in [0.3, 0.4) is 0 Å². The highest BCUT2D eigenvalue weighted by Crippen LogP contribution is 2.27. The standard InChI is InChI=1S/C16H20N4/c1-11-8-15(19-16(17-3)18-11)20-10-14-7-5-4-6-13(14)9-12(20)2/h4-8,12H,9-10H2,1-3H3,(H,17,18,19)/t12-/m0/s1. The second-order valence-electron chi connectivity index (χ2n) is 5.39. The Morgan fingerprint density at radius 3 is 2.70 bits per heavy atom. The van der Waals surface area contributed by atoms with Gasteiger partial charge in [-0.15, -0.1) is 0 Å². The predicted octanol–water partition coefficient (Wildman–Crippen LogP) is 2.78. The molecular formula is C16H20N4. The average Bonchev–Trinajstić information content (AvgIpc) is 2.45. The fraction of sp³-hybridized carbons (Fsp3) is 0.375. The molecule has 0 fully saturated rings. The number of fused-ring (bicyclic) bond motifs is 1. The van der Waals surface area contributed by atoms with Crippen LogP contribution in [-0.4, -0.2) is 23.1 Å². The van der Waals surface area contributed by atoms with E-state index < -0.39 is 0 Å². The number of aryl methyl sites for hydroxylation is 1. The lowest BCUT2D eigenvalue weighted by Crippen LogP contribution is -2.39. The average molecular weight is 268 g/mol. The number of aromatic nitrogens is 2. The molecule has 0 bridgehead atoms. The van der Waals surface area contributed by atoms with Crippen LogP contribution in [0.5, 0.6) is 0 Å². The van der Waals surface area contributed by atoms with Gasteiger partial charge in [-0.05, 0) is 31.4 Å². The van der Waals surface area contributed by atoms with Crippen LogP contribution in [0, 0.1) is 6.92 Å².